The second-order valence-electron chi connectivity index (χ2n) is 10.7. The molecule has 2 heterocycles. The predicted molar refractivity (Wildman–Crippen MR) is 173 cm³/mol. The highest BCUT2D eigenvalue weighted by Crippen LogP contribution is 2.38. The van der Waals surface area contributed by atoms with E-state index in [1.165, 1.54) is 19.2 Å². The number of aromatic nitrogens is 2. The number of ether oxygens (including phenoxy) is 2. The van der Waals surface area contributed by atoms with Crippen molar-refractivity contribution >= 4 is 17.8 Å². The Kier molecular flexibility index (Phi) is 17.2. The average Bonchev–Trinajstić information content (AvgIpc) is 3.23. The second kappa shape index (κ2) is 20.8. The molecule has 0 spiro atoms. The van der Waals surface area contributed by atoms with Crippen LogP contribution in [0.2, 0.25) is 0 Å². The van der Waals surface area contributed by atoms with E-state index in [1.807, 2.05) is 0 Å². The molecule has 11 nitrogen and oxygen atoms in total. The fourth-order valence-electron chi connectivity index (χ4n) is 4.28. The molecule has 5 N–H and O–H groups in total. The van der Waals surface area contributed by atoms with Crippen molar-refractivity contribution in [3.8, 4) is 0 Å². The van der Waals surface area contributed by atoms with E-state index in [0.717, 1.165) is 43.1 Å². The van der Waals surface area contributed by atoms with Gasteiger partial charge in [0.05, 0.1) is 0 Å². The number of amides is 2. The number of nitrogen functional groups attached to an aromatic ring is 1. The van der Waals surface area contributed by atoms with Gasteiger partial charge in [0.25, 0.3) is 0 Å². The molecular formula is C33H48FN5O6. The molecular weight excluding hydrogens is 581 g/mol. The molecule has 4 unspecified atom stereocenters. The maximum absolute atomic E-state index is 14.9. The quantitative estimate of drug-likeness (QED) is 0.128. The molecule has 1 aromatic rings. The van der Waals surface area contributed by atoms with Gasteiger partial charge in [0.1, 0.15) is 24.1 Å². The van der Waals surface area contributed by atoms with Crippen LogP contribution >= 0.6 is 0 Å². The molecule has 2 rings (SSSR count). The van der Waals surface area contributed by atoms with Crippen LogP contribution in [0.4, 0.5) is 15.0 Å². The maximum atomic E-state index is 14.9. The van der Waals surface area contributed by atoms with Crippen LogP contribution in [0.15, 0.2) is 77.8 Å². The first-order chi connectivity index (χ1) is 21.7. The lowest BCUT2D eigenvalue weighted by Gasteiger charge is -2.24. The predicted octanol–water partition coefficient (Wildman–Crippen LogP) is 4.58. The van der Waals surface area contributed by atoms with Gasteiger partial charge in [0, 0.05) is 25.7 Å². The fourth-order valence-corrected chi connectivity index (χ4v) is 4.28. The number of nitrogens with zero attached hydrogens (tertiary/aromatic N) is 2. The molecule has 248 valence electrons. The van der Waals surface area contributed by atoms with Crippen LogP contribution in [-0.2, 0) is 14.3 Å². The first-order valence-electron chi connectivity index (χ1n) is 15.5. The number of alkyl carbamates (subject to hydrolysis) is 1. The van der Waals surface area contributed by atoms with E-state index in [0.29, 0.717) is 12.8 Å². The second-order valence-corrected chi connectivity index (χ2v) is 10.7. The van der Waals surface area contributed by atoms with Crippen LogP contribution in [0.3, 0.4) is 0 Å². The lowest BCUT2D eigenvalue weighted by Crippen LogP contribution is -2.46. The van der Waals surface area contributed by atoms with Gasteiger partial charge in [-0.1, -0.05) is 67.7 Å². The highest BCUT2D eigenvalue weighted by atomic mass is 19.1. The third-order valence-corrected chi connectivity index (χ3v) is 6.90. The summed E-state index contributed by atoms with van der Waals surface area (Å²) >= 11 is 0. The van der Waals surface area contributed by atoms with Crippen LogP contribution in [0.5, 0.6) is 0 Å². The molecule has 0 aromatic carbocycles. The molecule has 1 fully saturated rings. The normalized spacial score (nSPS) is 22.0. The number of nitrogens with one attached hydrogen (secondary N) is 2. The van der Waals surface area contributed by atoms with Gasteiger partial charge >= 0.3 is 11.8 Å². The molecule has 1 aliphatic rings. The number of allylic oxidation sites excluding steroid dienone is 10. The molecule has 12 heteroatoms. The number of carbonyl (C=O) groups excluding carboxylic acids is 2. The highest BCUT2D eigenvalue weighted by Gasteiger charge is 2.55. The summed E-state index contributed by atoms with van der Waals surface area (Å²) in [5, 5.41) is 15.8. The lowest BCUT2D eigenvalue weighted by atomic mass is 9.96. The molecule has 0 radical (unpaired) electrons. The number of aliphatic hydroxyl groups is 1. The molecule has 2 amide bonds. The highest BCUT2D eigenvalue weighted by molar-refractivity contribution is 5.75. The Bertz CT molecular complexity index is 1260. The first kappa shape index (κ1) is 37.2. The number of anilines is 1. The number of halogens is 1. The van der Waals surface area contributed by atoms with Crippen molar-refractivity contribution in [2.24, 2.45) is 0 Å². The monoisotopic (exact) mass is 629 g/mol. The van der Waals surface area contributed by atoms with Crippen molar-refractivity contribution in [3.63, 3.8) is 0 Å². The zero-order chi connectivity index (χ0) is 32.9. The molecule has 0 saturated carbocycles. The van der Waals surface area contributed by atoms with Crippen molar-refractivity contribution in [2.45, 2.75) is 89.3 Å². The average molecular weight is 630 g/mol. The fraction of sp³-hybridized carbons (Fsp3) is 0.515. The van der Waals surface area contributed by atoms with E-state index >= 15 is 0 Å². The Morgan fingerprint density at radius 3 is 2.22 bits per heavy atom. The van der Waals surface area contributed by atoms with Crippen molar-refractivity contribution in [2.75, 3.05) is 25.4 Å². The van der Waals surface area contributed by atoms with E-state index in [1.54, 1.807) is 0 Å². The minimum absolute atomic E-state index is 0.0366. The summed E-state index contributed by atoms with van der Waals surface area (Å²) in [4.78, 5) is 39.7. The summed E-state index contributed by atoms with van der Waals surface area (Å²) in [5.74, 6) is -0.161. The van der Waals surface area contributed by atoms with Crippen LogP contribution in [0.1, 0.15) is 71.4 Å². The van der Waals surface area contributed by atoms with Gasteiger partial charge in [0.2, 0.25) is 5.91 Å². The van der Waals surface area contributed by atoms with Gasteiger partial charge in [-0.05, 0) is 57.9 Å². The molecule has 0 bridgehead atoms. The molecule has 0 aliphatic carbocycles. The first-order valence-corrected chi connectivity index (χ1v) is 15.5. The van der Waals surface area contributed by atoms with E-state index in [4.69, 9.17) is 15.2 Å². The summed E-state index contributed by atoms with van der Waals surface area (Å²) < 4.78 is 26.3. The Hall–Kier alpha value is -4.03. The smallest absolute Gasteiger partial charge is 0.407 e. The zero-order valence-corrected chi connectivity index (χ0v) is 26.3. The summed E-state index contributed by atoms with van der Waals surface area (Å²) in [7, 11) is 0. The van der Waals surface area contributed by atoms with Gasteiger partial charge in [-0.25, -0.2) is 14.0 Å². The third kappa shape index (κ3) is 14.1. The number of hydrogen-bond acceptors (Lipinski definition) is 8. The zero-order valence-electron chi connectivity index (χ0n) is 26.3. The van der Waals surface area contributed by atoms with Crippen molar-refractivity contribution < 1.29 is 28.6 Å². The lowest BCUT2D eigenvalue weighted by molar-refractivity contribution is -0.121. The number of nitrogens with two attached hydrogens (primary N) is 1. The number of alkyl halides is 1. The standard InChI is InChI=1S/C33H48FN5O6/c1-3-4-5-6-7-8-9-10-11-12-13-14-15-16-17-18-19-20-28(40)36-22-23-37-32(42)44-25-26-33(2,43)29(34)30(45-26)39-24-21-27(35)38-31(39)41/h4-5,7-8,10-11,13-14,16-17,21,24,26,29-30,43H,3,6,9,12,15,18-20,22-23,25H2,1-2H3,(H,36,40)(H,37,42)(H2,35,38,41). The number of hydrogen-bond donors (Lipinski definition) is 4. The topological polar surface area (TPSA) is 158 Å². The SMILES string of the molecule is CCC=CCC=CCC=CCC=CCC=CCCCC(=O)NCCNC(=O)OCC1OC(n2ccc(N)nc2=O)C(F)C1(C)O. The van der Waals surface area contributed by atoms with Gasteiger partial charge in [-0.2, -0.15) is 4.98 Å². The minimum atomic E-state index is -2.04. The van der Waals surface area contributed by atoms with Crippen molar-refractivity contribution in [3.05, 3.63) is 83.5 Å². The van der Waals surface area contributed by atoms with Gasteiger partial charge in [0.15, 0.2) is 12.4 Å². The van der Waals surface area contributed by atoms with Gasteiger partial charge in [-0.3, -0.25) is 9.36 Å². The Morgan fingerprint density at radius 1 is 1.04 bits per heavy atom. The van der Waals surface area contributed by atoms with E-state index in [-0.39, 0.29) is 24.8 Å². The maximum Gasteiger partial charge on any atom is 0.407 e. The molecule has 4 atom stereocenters. The van der Waals surface area contributed by atoms with Crippen LogP contribution < -0.4 is 22.1 Å². The molecule has 1 saturated heterocycles. The number of carbonyl (C=O) groups is 2. The Morgan fingerprint density at radius 2 is 1.62 bits per heavy atom. The summed E-state index contributed by atoms with van der Waals surface area (Å²) in [6, 6.07) is 1.30. The van der Waals surface area contributed by atoms with Crippen LogP contribution in [-0.4, -0.2) is 64.2 Å². The van der Waals surface area contributed by atoms with Gasteiger partial charge in [-0.15, -0.1) is 0 Å². The van der Waals surface area contributed by atoms with E-state index < -0.39 is 42.5 Å². The Labute approximate surface area is 264 Å². The van der Waals surface area contributed by atoms with Gasteiger partial charge < -0.3 is 30.9 Å². The molecule has 1 aromatic heterocycles. The molecule has 45 heavy (non-hydrogen) atoms. The van der Waals surface area contributed by atoms with E-state index in [9.17, 15) is 23.9 Å². The van der Waals surface area contributed by atoms with E-state index in [2.05, 4.69) is 83.3 Å². The summed E-state index contributed by atoms with van der Waals surface area (Å²) in [6.07, 6.45) is 23.8. The Balaban J connectivity index is 1.51. The van der Waals surface area contributed by atoms with Crippen molar-refractivity contribution in [1.82, 2.24) is 20.2 Å². The summed E-state index contributed by atoms with van der Waals surface area (Å²) in [6.45, 7) is 3.17. The largest absolute Gasteiger partial charge is 0.447 e. The number of unbranched alkanes of at least 4 members (excludes halogenated alkanes) is 1. The molecule has 1 aliphatic heterocycles. The minimum Gasteiger partial charge on any atom is -0.447 e. The summed E-state index contributed by atoms with van der Waals surface area (Å²) in [5.41, 5.74) is 2.58. The van der Waals surface area contributed by atoms with Crippen LogP contribution in [0, 0.1) is 0 Å². The number of rotatable bonds is 19. The van der Waals surface area contributed by atoms with Crippen molar-refractivity contribution in [1.29, 1.82) is 0 Å². The third-order valence-electron chi connectivity index (χ3n) is 6.90. The van der Waals surface area contributed by atoms with Crippen LogP contribution in [0.25, 0.3) is 0 Å².